The molecule has 0 aromatic heterocycles. The van der Waals surface area contributed by atoms with Gasteiger partial charge in [0.1, 0.15) is 11.4 Å². The lowest BCUT2D eigenvalue weighted by Crippen LogP contribution is -2.44. The van der Waals surface area contributed by atoms with Crippen molar-refractivity contribution in [2.45, 2.75) is 25.3 Å². The maximum Gasteiger partial charge on any atom is 0.248 e. The standard InChI is InChI=1S/C19H20N2O2S/c1-13-8-10-16(11-9-13)20-18(23)17-12-24-19(21(17)14(2)22)15-6-4-3-5-7-15/h3-11,17,19H,12H2,1-2H3,(H,20,23)/t17-,19+/m0/s1. The molecular weight excluding hydrogens is 320 g/mol. The number of amides is 2. The molecule has 2 aromatic rings. The second-order valence-corrected chi connectivity index (χ2v) is 7.01. The summed E-state index contributed by atoms with van der Waals surface area (Å²) in [4.78, 5) is 26.5. The zero-order chi connectivity index (χ0) is 17.1. The van der Waals surface area contributed by atoms with Crippen LogP contribution >= 0.6 is 11.8 Å². The number of hydrogen-bond acceptors (Lipinski definition) is 3. The van der Waals surface area contributed by atoms with Gasteiger partial charge in [-0.1, -0.05) is 48.0 Å². The van der Waals surface area contributed by atoms with E-state index in [9.17, 15) is 9.59 Å². The van der Waals surface area contributed by atoms with Gasteiger partial charge in [0.15, 0.2) is 0 Å². The van der Waals surface area contributed by atoms with Crippen molar-refractivity contribution in [3.63, 3.8) is 0 Å². The SMILES string of the molecule is CC(=O)N1[C@@H](c2ccccc2)SC[C@H]1C(=O)Nc1ccc(C)cc1. The van der Waals surface area contributed by atoms with Gasteiger partial charge in [0.05, 0.1) is 0 Å². The van der Waals surface area contributed by atoms with Crippen molar-refractivity contribution in [3.05, 3.63) is 65.7 Å². The Labute approximate surface area is 146 Å². The fourth-order valence-corrected chi connectivity index (χ4v) is 4.31. The monoisotopic (exact) mass is 340 g/mol. The van der Waals surface area contributed by atoms with Crippen LogP contribution in [-0.4, -0.2) is 28.5 Å². The molecular formula is C19H20N2O2S. The van der Waals surface area contributed by atoms with Gasteiger partial charge in [-0.25, -0.2) is 0 Å². The highest BCUT2D eigenvalue weighted by Crippen LogP contribution is 2.41. The van der Waals surface area contributed by atoms with Crippen molar-refractivity contribution in [2.75, 3.05) is 11.1 Å². The molecule has 1 N–H and O–H groups in total. The number of nitrogens with one attached hydrogen (secondary N) is 1. The Balaban J connectivity index is 1.78. The van der Waals surface area contributed by atoms with E-state index in [1.165, 1.54) is 6.92 Å². The fourth-order valence-electron chi connectivity index (χ4n) is 2.83. The highest BCUT2D eigenvalue weighted by atomic mass is 32.2. The second-order valence-electron chi connectivity index (χ2n) is 5.89. The van der Waals surface area contributed by atoms with E-state index >= 15 is 0 Å². The van der Waals surface area contributed by atoms with E-state index in [2.05, 4.69) is 5.32 Å². The Morgan fingerprint density at radius 1 is 1.08 bits per heavy atom. The first kappa shape index (κ1) is 16.6. The van der Waals surface area contributed by atoms with Crippen molar-refractivity contribution in [1.82, 2.24) is 4.90 Å². The lowest BCUT2D eigenvalue weighted by molar-refractivity contribution is -0.136. The van der Waals surface area contributed by atoms with Crippen molar-refractivity contribution in [1.29, 1.82) is 0 Å². The van der Waals surface area contributed by atoms with E-state index in [0.717, 1.165) is 16.8 Å². The van der Waals surface area contributed by atoms with Crippen molar-refractivity contribution in [2.24, 2.45) is 0 Å². The molecule has 24 heavy (non-hydrogen) atoms. The number of rotatable bonds is 3. The highest BCUT2D eigenvalue weighted by molar-refractivity contribution is 7.99. The zero-order valence-electron chi connectivity index (χ0n) is 13.7. The number of anilines is 1. The molecule has 0 aliphatic carbocycles. The first-order valence-electron chi connectivity index (χ1n) is 7.89. The first-order chi connectivity index (χ1) is 11.6. The smallest absolute Gasteiger partial charge is 0.248 e. The number of hydrogen-bond donors (Lipinski definition) is 1. The Bertz CT molecular complexity index is 731. The summed E-state index contributed by atoms with van der Waals surface area (Å²) in [6.07, 6.45) is 0. The van der Waals surface area contributed by atoms with Crippen LogP contribution < -0.4 is 5.32 Å². The van der Waals surface area contributed by atoms with E-state index in [0.29, 0.717) is 5.75 Å². The third-order valence-corrected chi connectivity index (χ3v) is 5.39. The summed E-state index contributed by atoms with van der Waals surface area (Å²) in [5.41, 5.74) is 2.93. The van der Waals surface area contributed by atoms with Gasteiger partial charge < -0.3 is 10.2 Å². The molecule has 124 valence electrons. The van der Waals surface area contributed by atoms with Crippen LogP contribution in [0.1, 0.15) is 23.4 Å². The molecule has 2 amide bonds. The van der Waals surface area contributed by atoms with Crippen molar-refractivity contribution < 1.29 is 9.59 Å². The quantitative estimate of drug-likeness (QED) is 0.929. The second kappa shape index (κ2) is 7.09. The number of aryl methyl sites for hydroxylation is 1. The summed E-state index contributed by atoms with van der Waals surface area (Å²) >= 11 is 1.63. The average molecular weight is 340 g/mol. The van der Waals surface area contributed by atoms with Crippen LogP contribution in [-0.2, 0) is 9.59 Å². The van der Waals surface area contributed by atoms with E-state index < -0.39 is 6.04 Å². The van der Waals surface area contributed by atoms with Gasteiger partial charge in [0.2, 0.25) is 11.8 Å². The van der Waals surface area contributed by atoms with Gasteiger partial charge in [0.25, 0.3) is 0 Å². The molecule has 1 aliphatic rings. The molecule has 0 radical (unpaired) electrons. The van der Waals surface area contributed by atoms with Crippen LogP contribution in [0, 0.1) is 6.92 Å². The molecule has 5 heteroatoms. The molecule has 1 aliphatic heterocycles. The maximum atomic E-state index is 12.7. The zero-order valence-corrected chi connectivity index (χ0v) is 14.5. The summed E-state index contributed by atoms with van der Waals surface area (Å²) in [6.45, 7) is 3.52. The molecule has 4 nitrogen and oxygen atoms in total. The molecule has 2 atom stereocenters. The minimum absolute atomic E-state index is 0.0853. The largest absolute Gasteiger partial charge is 0.324 e. The Hall–Kier alpha value is -2.27. The van der Waals surface area contributed by atoms with Gasteiger partial charge in [-0.15, -0.1) is 11.8 Å². The Kier molecular flexibility index (Phi) is 4.90. The van der Waals surface area contributed by atoms with E-state index in [-0.39, 0.29) is 17.2 Å². The molecule has 0 saturated carbocycles. The summed E-state index contributed by atoms with van der Waals surface area (Å²) in [7, 11) is 0. The Morgan fingerprint density at radius 2 is 1.75 bits per heavy atom. The van der Waals surface area contributed by atoms with Gasteiger partial charge in [0, 0.05) is 18.4 Å². The van der Waals surface area contributed by atoms with Crippen molar-refractivity contribution in [3.8, 4) is 0 Å². The van der Waals surface area contributed by atoms with Gasteiger partial charge >= 0.3 is 0 Å². The van der Waals surface area contributed by atoms with E-state index in [4.69, 9.17) is 0 Å². The van der Waals surface area contributed by atoms with Crippen LogP contribution in [0.25, 0.3) is 0 Å². The number of carbonyl (C=O) groups is 2. The maximum absolute atomic E-state index is 12.7. The predicted molar refractivity (Wildman–Crippen MR) is 97.8 cm³/mol. The van der Waals surface area contributed by atoms with Crippen LogP contribution in [0.15, 0.2) is 54.6 Å². The van der Waals surface area contributed by atoms with E-state index in [1.54, 1.807) is 16.7 Å². The van der Waals surface area contributed by atoms with Crippen molar-refractivity contribution >= 4 is 29.3 Å². The van der Waals surface area contributed by atoms with Gasteiger partial charge in [-0.2, -0.15) is 0 Å². The number of carbonyl (C=O) groups excluding carboxylic acids is 2. The molecule has 2 aromatic carbocycles. The third-order valence-electron chi connectivity index (χ3n) is 4.07. The molecule has 1 saturated heterocycles. The summed E-state index contributed by atoms with van der Waals surface area (Å²) in [5, 5.41) is 2.81. The Morgan fingerprint density at radius 3 is 2.38 bits per heavy atom. The number of nitrogens with zero attached hydrogens (tertiary/aromatic N) is 1. The highest BCUT2D eigenvalue weighted by Gasteiger charge is 2.40. The summed E-state index contributed by atoms with van der Waals surface area (Å²) in [6, 6.07) is 17.0. The number of benzene rings is 2. The molecule has 1 heterocycles. The summed E-state index contributed by atoms with van der Waals surface area (Å²) in [5.74, 6) is 0.370. The normalized spacial score (nSPS) is 20.0. The van der Waals surface area contributed by atoms with Gasteiger partial charge in [-0.05, 0) is 24.6 Å². The molecule has 0 unspecified atom stereocenters. The molecule has 0 bridgehead atoms. The van der Waals surface area contributed by atoms with Crippen LogP contribution in [0.5, 0.6) is 0 Å². The third kappa shape index (κ3) is 3.46. The molecule has 0 spiro atoms. The van der Waals surface area contributed by atoms with Crippen LogP contribution in [0.2, 0.25) is 0 Å². The molecule has 3 rings (SSSR count). The van der Waals surface area contributed by atoms with E-state index in [1.807, 2.05) is 61.5 Å². The molecule has 1 fully saturated rings. The number of thioether (sulfide) groups is 1. The minimum atomic E-state index is -0.459. The predicted octanol–water partition coefficient (Wildman–Crippen LogP) is 3.60. The fraction of sp³-hybridized carbons (Fsp3) is 0.263. The minimum Gasteiger partial charge on any atom is -0.324 e. The topological polar surface area (TPSA) is 49.4 Å². The van der Waals surface area contributed by atoms with Gasteiger partial charge in [-0.3, -0.25) is 9.59 Å². The summed E-state index contributed by atoms with van der Waals surface area (Å²) < 4.78 is 0. The lowest BCUT2D eigenvalue weighted by Gasteiger charge is -2.27. The lowest BCUT2D eigenvalue weighted by atomic mass is 10.1. The average Bonchev–Trinajstić information content (AvgIpc) is 3.03. The first-order valence-corrected chi connectivity index (χ1v) is 8.94. The van der Waals surface area contributed by atoms with Crippen LogP contribution in [0.4, 0.5) is 5.69 Å². The van der Waals surface area contributed by atoms with Crippen LogP contribution in [0.3, 0.4) is 0 Å².